The zero-order valence-electron chi connectivity index (χ0n) is 12.9. The summed E-state index contributed by atoms with van der Waals surface area (Å²) in [6, 6.07) is 13.7. The molecule has 116 valence electrons. The fraction of sp³-hybridized carbons (Fsp3) is 0.158. The van der Waals surface area contributed by atoms with E-state index >= 15 is 0 Å². The Morgan fingerprint density at radius 3 is 2.13 bits per heavy atom. The van der Waals surface area contributed by atoms with Crippen molar-refractivity contribution in [3.63, 3.8) is 0 Å². The first-order valence-corrected chi connectivity index (χ1v) is 7.36. The second kappa shape index (κ2) is 5.72. The molecule has 0 spiro atoms. The summed E-state index contributed by atoms with van der Waals surface area (Å²) in [6.45, 7) is 3.84. The number of benzene rings is 2. The third kappa shape index (κ3) is 2.88. The Balaban J connectivity index is 2.35. The van der Waals surface area contributed by atoms with Gasteiger partial charge in [-0.2, -0.15) is 0 Å². The van der Waals surface area contributed by atoms with Crippen LogP contribution in [0.25, 0.3) is 21.5 Å². The maximum atomic E-state index is 12.9. The van der Waals surface area contributed by atoms with Crippen LogP contribution >= 0.6 is 0 Å². The van der Waals surface area contributed by atoms with Crippen molar-refractivity contribution in [2.45, 2.75) is 20.0 Å². The van der Waals surface area contributed by atoms with Crippen molar-refractivity contribution < 1.29 is 14.6 Å². The van der Waals surface area contributed by atoms with E-state index in [-0.39, 0.29) is 17.1 Å². The molecule has 0 aliphatic rings. The van der Waals surface area contributed by atoms with Crippen LogP contribution in [0.5, 0.6) is 5.75 Å². The Morgan fingerprint density at radius 2 is 1.52 bits per heavy atom. The Labute approximate surface area is 132 Å². The van der Waals surface area contributed by atoms with Crippen molar-refractivity contribution in [3.05, 3.63) is 64.3 Å². The monoisotopic (exact) mass is 308 g/mol. The van der Waals surface area contributed by atoms with Crippen LogP contribution in [0.15, 0.2) is 53.3 Å². The lowest BCUT2D eigenvalue weighted by Gasteiger charge is -2.09. The SMILES string of the molecule is CC(C)Oc1ccc2ccc3ccc(C(=O)O)cc3c(=O)c2c1. The summed E-state index contributed by atoms with van der Waals surface area (Å²) in [5.41, 5.74) is -0.0964. The molecule has 0 amide bonds. The van der Waals surface area contributed by atoms with Gasteiger partial charge < -0.3 is 9.84 Å². The first kappa shape index (κ1) is 15.0. The number of carboxylic acids is 1. The van der Waals surface area contributed by atoms with Crippen molar-refractivity contribution >= 4 is 27.5 Å². The molecule has 0 fully saturated rings. The van der Waals surface area contributed by atoms with Gasteiger partial charge in [-0.3, -0.25) is 4.79 Å². The van der Waals surface area contributed by atoms with Gasteiger partial charge in [0.25, 0.3) is 0 Å². The molecule has 3 aromatic carbocycles. The van der Waals surface area contributed by atoms with E-state index < -0.39 is 5.97 Å². The lowest BCUT2D eigenvalue weighted by Crippen LogP contribution is -2.06. The van der Waals surface area contributed by atoms with E-state index in [1.165, 1.54) is 12.1 Å². The lowest BCUT2D eigenvalue weighted by molar-refractivity contribution is 0.0697. The van der Waals surface area contributed by atoms with Crippen molar-refractivity contribution in [2.24, 2.45) is 0 Å². The Morgan fingerprint density at radius 1 is 0.957 bits per heavy atom. The van der Waals surface area contributed by atoms with Crippen LogP contribution in [0.3, 0.4) is 0 Å². The highest BCUT2D eigenvalue weighted by atomic mass is 16.5. The number of aromatic carboxylic acids is 1. The molecule has 0 unspecified atom stereocenters. The fourth-order valence-electron chi connectivity index (χ4n) is 2.58. The highest BCUT2D eigenvalue weighted by Gasteiger charge is 2.08. The van der Waals surface area contributed by atoms with Gasteiger partial charge in [0.2, 0.25) is 0 Å². The van der Waals surface area contributed by atoms with E-state index in [1.54, 1.807) is 12.1 Å². The van der Waals surface area contributed by atoms with E-state index in [9.17, 15) is 9.59 Å². The third-order valence-electron chi connectivity index (χ3n) is 3.63. The molecule has 0 saturated heterocycles. The Hall–Kier alpha value is -2.88. The standard InChI is InChI=1S/C19H16O4/c1-11(2)23-15-8-7-13-4-3-12-5-6-14(19(21)22)9-16(12)18(20)17(13)10-15/h3-11H,1-2H3,(H,21,22). The fourth-order valence-corrected chi connectivity index (χ4v) is 2.58. The van der Waals surface area contributed by atoms with Gasteiger partial charge in [-0.15, -0.1) is 0 Å². The predicted molar refractivity (Wildman–Crippen MR) is 90.4 cm³/mol. The molecule has 3 rings (SSSR count). The van der Waals surface area contributed by atoms with E-state index in [0.29, 0.717) is 21.9 Å². The van der Waals surface area contributed by atoms with Crippen molar-refractivity contribution in [2.75, 3.05) is 0 Å². The quantitative estimate of drug-likeness (QED) is 0.798. The number of fused-ring (bicyclic) bond motifs is 2. The van der Waals surface area contributed by atoms with Gasteiger partial charge in [-0.05, 0) is 48.9 Å². The number of hydrogen-bond acceptors (Lipinski definition) is 3. The summed E-state index contributed by atoms with van der Waals surface area (Å²) in [5, 5.41) is 11.5. The minimum absolute atomic E-state index is 0.00960. The van der Waals surface area contributed by atoms with E-state index in [2.05, 4.69) is 0 Å². The minimum Gasteiger partial charge on any atom is -0.491 e. The number of hydrogen-bond donors (Lipinski definition) is 1. The molecule has 4 nitrogen and oxygen atoms in total. The Kier molecular flexibility index (Phi) is 3.74. The molecule has 0 saturated carbocycles. The highest BCUT2D eigenvalue weighted by Crippen LogP contribution is 2.22. The van der Waals surface area contributed by atoms with Crippen LogP contribution in [0.4, 0.5) is 0 Å². The molecule has 0 aliphatic carbocycles. The molecule has 23 heavy (non-hydrogen) atoms. The molecule has 0 heterocycles. The normalized spacial score (nSPS) is 11.1. The Bertz CT molecular complexity index is 974. The third-order valence-corrected chi connectivity index (χ3v) is 3.63. The lowest BCUT2D eigenvalue weighted by atomic mass is 10.1. The predicted octanol–water partition coefficient (Wildman–Crippen LogP) is 3.84. The van der Waals surface area contributed by atoms with Crippen LogP contribution in [-0.4, -0.2) is 17.2 Å². The molecular weight excluding hydrogens is 292 g/mol. The summed E-state index contributed by atoms with van der Waals surface area (Å²) in [7, 11) is 0. The molecule has 0 aromatic heterocycles. The summed E-state index contributed by atoms with van der Waals surface area (Å²) < 4.78 is 5.65. The molecule has 0 radical (unpaired) electrons. The van der Waals surface area contributed by atoms with E-state index in [4.69, 9.17) is 9.84 Å². The van der Waals surface area contributed by atoms with E-state index in [1.807, 2.05) is 38.1 Å². The maximum Gasteiger partial charge on any atom is 0.335 e. The average molecular weight is 308 g/mol. The maximum absolute atomic E-state index is 12.9. The molecular formula is C19H16O4. The first-order chi connectivity index (χ1) is 11.0. The van der Waals surface area contributed by atoms with Crippen molar-refractivity contribution in [1.82, 2.24) is 0 Å². The molecule has 3 aromatic rings. The van der Waals surface area contributed by atoms with Gasteiger partial charge in [-0.25, -0.2) is 4.79 Å². The van der Waals surface area contributed by atoms with Crippen molar-refractivity contribution in [1.29, 1.82) is 0 Å². The number of ether oxygens (including phenoxy) is 1. The first-order valence-electron chi connectivity index (χ1n) is 7.36. The number of carbonyl (C=O) groups is 1. The molecule has 0 atom stereocenters. The molecule has 4 heteroatoms. The number of carboxylic acid groups (broad SMARTS) is 1. The van der Waals surface area contributed by atoms with Crippen LogP contribution in [0.2, 0.25) is 0 Å². The zero-order chi connectivity index (χ0) is 16.6. The minimum atomic E-state index is -1.05. The smallest absolute Gasteiger partial charge is 0.335 e. The van der Waals surface area contributed by atoms with Crippen molar-refractivity contribution in [3.8, 4) is 5.75 Å². The summed E-state index contributed by atoms with van der Waals surface area (Å²) in [4.78, 5) is 24.0. The van der Waals surface area contributed by atoms with Crippen LogP contribution < -0.4 is 10.2 Å². The molecule has 0 bridgehead atoms. The summed E-state index contributed by atoms with van der Waals surface area (Å²) >= 11 is 0. The van der Waals surface area contributed by atoms with Gasteiger partial charge in [0, 0.05) is 10.8 Å². The highest BCUT2D eigenvalue weighted by molar-refractivity contribution is 5.98. The van der Waals surface area contributed by atoms with Gasteiger partial charge in [0.1, 0.15) is 5.75 Å². The van der Waals surface area contributed by atoms with Crippen LogP contribution in [0, 0.1) is 0 Å². The summed E-state index contributed by atoms with van der Waals surface area (Å²) in [6.07, 6.45) is 0.00960. The van der Waals surface area contributed by atoms with Gasteiger partial charge in [0.15, 0.2) is 5.43 Å². The zero-order valence-corrected chi connectivity index (χ0v) is 12.9. The number of rotatable bonds is 3. The van der Waals surface area contributed by atoms with Crippen LogP contribution in [0.1, 0.15) is 24.2 Å². The summed E-state index contributed by atoms with van der Waals surface area (Å²) in [5.74, 6) is -0.427. The second-order valence-electron chi connectivity index (χ2n) is 5.69. The largest absolute Gasteiger partial charge is 0.491 e. The topological polar surface area (TPSA) is 63.6 Å². The average Bonchev–Trinajstić information content (AvgIpc) is 2.64. The molecule has 0 aliphatic heterocycles. The van der Waals surface area contributed by atoms with E-state index in [0.717, 1.165) is 5.39 Å². The molecule has 1 N–H and O–H groups in total. The van der Waals surface area contributed by atoms with Gasteiger partial charge in [-0.1, -0.05) is 24.3 Å². The second-order valence-corrected chi connectivity index (χ2v) is 5.69. The van der Waals surface area contributed by atoms with Gasteiger partial charge in [0.05, 0.1) is 11.7 Å². The van der Waals surface area contributed by atoms with Gasteiger partial charge >= 0.3 is 5.97 Å². The van der Waals surface area contributed by atoms with Crippen LogP contribution in [-0.2, 0) is 0 Å².